The van der Waals surface area contributed by atoms with Crippen molar-refractivity contribution in [3.63, 3.8) is 0 Å². The molecule has 120 valence electrons. The van der Waals surface area contributed by atoms with Crippen molar-refractivity contribution >= 4 is 5.96 Å². The van der Waals surface area contributed by atoms with Gasteiger partial charge in [0.15, 0.2) is 5.96 Å². The highest BCUT2D eigenvalue weighted by Crippen LogP contribution is 2.20. The maximum Gasteiger partial charge on any atom is 0.194 e. The fourth-order valence-electron chi connectivity index (χ4n) is 3.39. The second-order valence-corrected chi connectivity index (χ2v) is 6.56. The van der Waals surface area contributed by atoms with Gasteiger partial charge in [-0.2, -0.15) is 0 Å². The number of hydrogen-bond acceptors (Lipinski definition) is 4. The summed E-state index contributed by atoms with van der Waals surface area (Å²) in [5.74, 6) is 1.03. The van der Waals surface area contributed by atoms with E-state index in [1.54, 1.807) is 0 Å². The molecule has 1 aromatic carbocycles. The summed E-state index contributed by atoms with van der Waals surface area (Å²) in [5.41, 5.74) is 2.84. The summed E-state index contributed by atoms with van der Waals surface area (Å²) in [6, 6.07) is 9.53. The van der Waals surface area contributed by atoms with E-state index in [1.165, 1.54) is 36.9 Å². The molecule has 4 heteroatoms. The van der Waals surface area contributed by atoms with Gasteiger partial charge in [-0.15, -0.1) is 0 Å². The first kappa shape index (κ1) is 15.3. The minimum atomic E-state index is 0.708. The Kier molecular flexibility index (Phi) is 4.98. The van der Waals surface area contributed by atoms with E-state index >= 15 is 0 Å². The number of nitrogens with one attached hydrogen (secondary N) is 1. The Balaban J connectivity index is 1.64. The number of rotatable bonds is 4. The molecule has 0 aromatic heterocycles. The van der Waals surface area contributed by atoms with E-state index in [2.05, 4.69) is 58.3 Å². The summed E-state index contributed by atoms with van der Waals surface area (Å²) in [5, 5.41) is 3.49. The topological polar surface area (TPSA) is 30.9 Å². The molecule has 1 saturated heterocycles. The van der Waals surface area contributed by atoms with Crippen molar-refractivity contribution in [3.05, 3.63) is 35.4 Å². The fourth-order valence-corrected chi connectivity index (χ4v) is 3.39. The average molecular weight is 300 g/mol. The molecule has 0 spiro atoms. The largest absolute Gasteiger partial charge is 0.352 e. The highest BCUT2D eigenvalue weighted by Gasteiger charge is 2.19. The molecule has 0 amide bonds. The van der Waals surface area contributed by atoms with Crippen molar-refractivity contribution in [3.8, 4) is 0 Å². The third kappa shape index (κ3) is 3.61. The van der Waals surface area contributed by atoms with Crippen LogP contribution in [0.1, 0.15) is 37.3 Å². The van der Waals surface area contributed by atoms with Gasteiger partial charge in [0.1, 0.15) is 0 Å². The lowest BCUT2D eigenvalue weighted by Gasteiger charge is -2.33. The van der Waals surface area contributed by atoms with E-state index in [0.29, 0.717) is 6.04 Å². The first-order chi connectivity index (χ1) is 10.7. The Bertz CT molecular complexity index is 526. The van der Waals surface area contributed by atoms with Gasteiger partial charge < -0.3 is 10.2 Å². The molecule has 2 heterocycles. The monoisotopic (exact) mass is 300 g/mol. The van der Waals surface area contributed by atoms with Crippen molar-refractivity contribution in [2.45, 2.75) is 45.3 Å². The number of piperidine rings is 1. The van der Waals surface area contributed by atoms with E-state index in [4.69, 9.17) is 0 Å². The zero-order valence-corrected chi connectivity index (χ0v) is 13.9. The van der Waals surface area contributed by atoms with Gasteiger partial charge in [0.05, 0.1) is 6.54 Å². The number of likely N-dealkylation sites (N-methyl/N-ethyl adjacent to an activating group) is 1. The number of benzene rings is 1. The molecule has 0 radical (unpaired) electrons. The number of guanidine groups is 1. The Labute approximate surface area is 134 Å². The van der Waals surface area contributed by atoms with Gasteiger partial charge in [-0.3, -0.25) is 9.89 Å². The third-order valence-electron chi connectivity index (χ3n) is 4.93. The summed E-state index contributed by atoms with van der Waals surface area (Å²) >= 11 is 0. The molecule has 3 rings (SSSR count). The summed E-state index contributed by atoms with van der Waals surface area (Å²) in [4.78, 5) is 9.33. The zero-order chi connectivity index (χ0) is 15.4. The van der Waals surface area contributed by atoms with Crippen LogP contribution in [0, 0.1) is 0 Å². The van der Waals surface area contributed by atoms with E-state index in [9.17, 15) is 0 Å². The van der Waals surface area contributed by atoms with Crippen molar-refractivity contribution in [1.82, 2.24) is 15.1 Å². The highest BCUT2D eigenvalue weighted by atomic mass is 15.3. The predicted molar refractivity (Wildman–Crippen MR) is 91.9 cm³/mol. The van der Waals surface area contributed by atoms with Crippen LogP contribution in [0.15, 0.2) is 29.3 Å². The molecular formula is C18H28N4. The summed E-state index contributed by atoms with van der Waals surface area (Å²) in [6.07, 6.45) is 4.06. The second kappa shape index (κ2) is 7.14. The molecule has 1 unspecified atom stereocenters. The van der Waals surface area contributed by atoms with Gasteiger partial charge in [-0.25, -0.2) is 0 Å². The second-order valence-electron chi connectivity index (χ2n) is 6.56. The Hall–Kier alpha value is -1.55. The molecule has 1 atom stereocenters. The van der Waals surface area contributed by atoms with E-state index in [0.717, 1.165) is 32.1 Å². The number of nitrogens with zero attached hydrogens (tertiary/aromatic N) is 3. The van der Waals surface area contributed by atoms with Crippen LogP contribution in [0.2, 0.25) is 0 Å². The molecule has 0 saturated carbocycles. The van der Waals surface area contributed by atoms with Crippen LogP contribution in [-0.4, -0.2) is 48.5 Å². The maximum absolute atomic E-state index is 4.51. The molecule has 1 fully saturated rings. The van der Waals surface area contributed by atoms with E-state index in [-0.39, 0.29) is 0 Å². The molecule has 0 bridgehead atoms. The van der Waals surface area contributed by atoms with Crippen LogP contribution >= 0.6 is 0 Å². The van der Waals surface area contributed by atoms with Gasteiger partial charge in [0.2, 0.25) is 0 Å². The Morgan fingerprint density at radius 1 is 1.18 bits per heavy atom. The summed E-state index contributed by atoms with van der Waals surface area (Å²) < 4.78 is 0. The van der Waals surface area contributed by atoms with Crippen LogP contribution < -0.4 is 5.32 Å². The van der Waals surface area contributed by atoms with Crippen molar-refractivity contribution < 1.29 is 0 Å². The van der Waals surface area contributed by atoms with Crippen molar-refractivity contribution in [2.24, 2.45) is 4.99 Å². The number of hydrogen-bond donors (Lipinski definition) is 1. The molecular weight excluding hydrogens is 272 g/mol. The lowest BCUT2D eigenvalue weighted by Crippen LogP contribution is -2.37. The molecule has 4 nitrogen and oxygen atoms in total. The minimum absolute atomic E-state index is 0.708. The quantitative estimate of drug-likeness (QED) is 0.926. The standard InChI is InChI=1S/C18H28N4/c1-15-7-5-6-11-22(15)14-17-9-4-3-8-16(17)13-20-18-19-10-12-21(18)2/h3-4,8-9,15H,5-7,10-14H2,1-2H3,(H,19,20). The van der Waals surface area contributed by atoms with Crippen molar-refractivity contribution in [2.75, 3.05) is 26.7 Å². The molecule has 2 aliphatic rings. The predicted octanol–water partition coefficient (Wildman–Crippen LogP) is 2.45. The van der Waals surface area contributed by atoms with Crippen LogP contribution in [-0.2, 0) is 13.1 Å². The van der Waals surface area contributed by atoms with Crippen LogP contribution in [0.5, 0.6) is 0 Å². The maximum atomic E-state index is 4.51. The Morgan fingerprint density at radius 3 is 2.73 bits per heavy atom. The summed E-state index contributed by atoms with van der Waals surface area (Å²) in [7, 11) is 2.10. The SMILES string of the molecule is CC1CCCCN1Cc1ccccc1CNC1=NCCN1C. The molecule has 1 N–H and O–H groups in total. The molecule has 1 aromatic rings. The van der Waals surface area contributed by atoms with Gasteiger partial charge >= 0.3 is 0 Å². The van der Waals surface area contributed by atoms with Crippen LogP contribution in [0.3, 0.4) is 0 Å². The van der Waals surface area contributed by atoms with Gasteiger partial charge in [-0.1, -0.05) is 30.7 Å². The molecule has 2 aliphatic heterocycles. The third-order valence-corrected chi connectivity index (χ3v) is 4.93. The summed E-state index contributed by atoms with van der Waals surface area (Å²) in [6.45, 7) is 7.46. The number of aliphatic imine (C=N–C) groups is 1. The van der Waals surface area contributed by atoms with Gasteiger partial charge in [0.25, 0.3) is 0 Å². The highest BCUT2D eigenvalue weighted by molar-refractivity contribution is 5.81. The lowest BCUT2D eigenvalue weighted by molar-refractivity contribution is 0.152. The fraction of sp³-hybridized carbons (Fsp3) is 0.611. The average Bonchev–Trinajstić information content (AvgIpc) is 2.94. The number of likely N-dealkylation sites (tertiary alicyclic amines) is 1. The minimum Gasteiger partial charge on any atom is -0.352 e. The van der Waals surface area contributed by atoms with Gasteiger partial charge in [0, 0.05) is 32.7 Å². The smallest absolute Gasteiger partial charge is 0.194 e. The molecule has 0 aliphatic carbocycles. The normalized spacial score (nSPS) is 22.7. The van der Waals surface area contributed by atoms with Crippen molar-refractivity contribution in [1.29, 1.82) is 0 Å². The Morgan fingerprint density at radius 2 is 2.00 bits per heavy atom. The molecule has 22 heavy (non-hydrogen) atoms. The first-order valence-electron chi connectivity index (χ1n) is 8.54. The van der Waals surface area contributed by atoms with E-state index in [1.807, 2.05) is 0 Å². The lowest BCUT2D eigenvalue weighted by atomic mass is 10.0. The van der Waals surface area contributed by atoms with Gasteiger partial charge in [-0.05, 0) is 37.4 Å². The van der Waals surface area contributed by atoms with Crippen LogP contribution in [0.25, 0.3) is 0 Å². The van der Waals surface area contributed by atoms with E-state index < -0.39 is 0 Å². The zero-order valence-electron chi connectivity index (χ0n) is 13.9. The van der Waals surface area contributed by atoms with Crippen LogP contribution in [0.4, 0.5) is 0 Å². The first-order valence-corrected chi connectivity index (χ1v) is 8.54.